The van der Waals surface area contributed by atoms with Crippen LogP contribution >= 0.6 is 0 Å². The van der Waals surface area contributed by atoms with Crippen molar-refractivity contribution in [2.75, 3.05) is 23.4 Å². The first-order valence-corrected chi connectivity index (χ1v) is 9.65. The molecule has 2 N–H and O–H groups in total. The van der Waals surface area contributed by atoms with Crippen molar-refractivity contribution in [3.8, 4) is 11.5 Å². The summed E-state index contributed by atoms with van der Waals surface area (Å²) in [6.45, 7) is 0. The average Bonchev–Trinajstić information content (AvgIpc) is 2.54. The van der Waals surface area contributed by atoms with Crippen molar-refractivity contribution in [2.45, 2.75) is 12.8 Å². The number of benzene rings is 2. The van der Waals surface area contributed by atoms with E-state index in [0.717, 1.165) is 18.4 Å². The molecule has 0 saturated heterocycles. The molecule has 11 heteroatoms. The first-order valence-electron chi connectivity index (χ1n) is 7.75. The second-order valence-electron chi connectivity index (χ2n) is 5.71. The Morgan fingerprint density at radius 1 is 1.11 bits per heavy atom. The van der Waals surface area contributed by atoms with Gasteiger partial charge in [-0.05, 0) is 35.9 Å². The summed E-state index contributed by atoms with van der Waals surface area (Å²) in [4.78, 5) is 12.2. The lowest BCUT2D eigenvalue weighted by Gasteiger charge is -2.13. The zero-order valence-corrected chi connectivity index (χ0v) is 15.6. The number of nitrogens with one attached hydrogen (secondary N) is 2. The van der Waals surface area contributed by atoms with E-state index >= 15 is 0 Å². The molecule has 2 rings (SSSR count). The van der Waals surface area contributed by atoms with Crippen molar-refractivity contribution in [1.82, 2.24) is 0 Å². The first-order chi connectivity index (χ1) is 12.9. The van der Waals surface area contributed by atoms with E-state index in [9.17, 15) is 26.4 Å². The molecule has 0 bridgehead atoms. The molecule has 0 spiro atoms. The van der Waals surface area contributed by atoms with E-state index in [1.54, 1.807) is 0 Å². The molecule has 2 aromatic carbocycles. The smallest absolute Gasteiger partial charge is 0.495 e. The molecule has 0 aliphatic rings. The van der Waals surface area contributed by atoms with Crippen LogP contribution < -0.4 is 19.5 Å². The molecule has 152 valence electrons. The summed E-state index contributed by atoms with van der Waals surface area (Å²) >= 11 is 0. The summed E-state index contributed by atoms with van der Waals surface area (Å²) in [5.74, 6) is -0.563. The normalized spacial score (nSPS) is 11.6. The molecular formula is C17H17F3N2O5S. The Bertz CT molecular complexity index is 944. The monoisotopic (exact) mass is 418 g/mol. The fourth-order valence-electron chi connectivity index (χ4n) is 2.26. The lowest BCUT2D eigenvalue weighted by Crippen LogP contribution is -2.17. The highest BCUT2D eigenvalue weighted by atomic mass is 32.2. The first kappa shape index (κ1) is 21.4. The van der Waals surface area contributed by atoms with Crippen molar-refractivity contribution in [2.24, 2.45) is 0 Å². The van der Waals surface area contributed by atoms with Gasteiger partial charge in [0.25, 0.3) is 0 Å². The maximum absolute atomic E-state index is 12.2. The Kier molecular flexibility index (Phi) is 6.39. The van der Waals surface area contributed by atoms with Gasteiger partial charge in [-0.25, -0.2) is 8.42 Å². The summed E-state index contributed by atoms with van der Waals surface area (Å²) in [5, 5.41) is 2.58. The van der Waals surface area contributed by atoms with Crippen LogP contribution in [0.2, 0.25) is 0 Å². The number of sulfonamides is 1. The number of alkyl halides is 3. The molecule has 7 nitrogen and oxygen atoms in total. The van der Waals surface area contributed by atoms with Crippen molar-refractivity contribution >= 4 is 27.3 Å². The van der Waals surface area contributed by atoms with E-state index in [1.807, 2.05) is 0 Å². The SMILES string of the molecule is COc1ccc(NC(=O)Cc2ccc(OC(F)(F)F)cc2)cc1NS(C)(=O)=O. The topological polar surface area (TPSA) is 93.7 Å². The molecular weight excluding hydrogens is 401 g/mol. The van der Waals surface area contributed by atoms with E-state index in [-0.39, 0.29) is 23.6 Å². The largest absolute Gasteiger partial charge is 0.573 e. The van der Waals surface area contributed by atoms with E-state index in [2.05, 4.69) is 14.8 Å². The third-order valence-corrected chi connectivity index (χ3v) is 3.89. The molecule has 0 radical (unpaired) electrons. The Balaban J connectivity index is 2.05. The van der Waals surface area contributed by atoms with Gasteiger partial charge in [-0.15, -0.1) is 13.2 Å². The maximum atomic E-state index is 12.2. The van der Waals surface area contributed by atoms with E-state index in [1.165, 1.54) is 37.4 Å². The number of carbonyl (C=O) groups excluding carboxylic acids is 1. The van der Waals surface area contributed by atoms with E-state index in [4.69, 9.17) is 4.74 Å². The van der Waals surface area contributed by atoms with Crippen LogP contribution in [0.3, 0.4) is 0 Å². The summed E-state index contributed by atoms with van der Waals surface area (Å²) in [6.07, 6.45) is -3.91. The minimum atomic E-state index is -4.79. The minimum absolute atomic E-state index is 0.104. The van der Waals surface area contributed by atoms with Crippen molar-refractivity contribution in [3.05, 3.63) is 48.0 Å². The van der Waals surface area contributed by atoms with Crippen LogP contribution in [-0.4, -0.2) is 34.1 Å². The maximum Gasteiger partial charge on any atom is 0.573 e. The molecule has 0 heterocycles. The van der Waals surface area contributed by atoms with E-state index in [0.29, 0.717) is 11.3 Å². The zero-order chi connectivity index (χ0) is 20.9. The predicted molar refractivity (Wildman–Crippen MR) is 96.9 cm³/mol. The van der Waals surface area contributed by atoms with Gasteiger partial charge in [-0.3, -0.25) is 9.52 Å². The molecule has 28 heavy (non-hydrogen) atoms. The molecule has 1 amide bonds. The number of halogens is 3. The van der Waals surface area contributed by atoms with Crippen LogP contribution in [0.5, 0.6) is 11.5 Å². The van der Waals surface area contributed by atoms with Gasteiger partial charge in [0.2, 0.25) is 15.9 Å². The van der Waals surface area contributed by atoms with Crippen LogP contribution in [0, 0.1) is 0 Å². The van der Waals surface area contributed by atoms with Crippen LogP contribution in [0.15, 0.2) is 42.5 Å². The van der Waals surface area contributed by atoms with Gasteiger partial charge in [-0.1, -0.05) is 12.1 Å². The molecule has 2 aromatic rings. The molecule has 0 aromatic heterocycles. The molecule has 0 saturated carbocycles. The number of hydrogen-bond donors (Lipinski definition) is 2. The lowest BCUT2D eigenvalue weighted by atomic mass is 10.1. The zero-order valence-electron chi connectivity index (χ0n) is 14.8. The van der Waals surface area contributed by atoms with Crippen molar-refractivity contribution in [3.63, 3.8) is 0 Å². The number of amides is 1. The Morgan fingerprint density at radius 2 is 1.75 bits per heavy atom. The molecule has 0 aliphatic carbocycles. The van der Waals surface area contributed by atoms with Gasteiger partial charge in [0.05, 0.1) is 25.5 Å². The minimum Gasteiger partial charge on any atom is -0.495 e. The van der Waals surface area contributed by atoms with Gasteiger partial charge in [0.1, 0.15) is 11.5 Å². The highest BCUT2D eigenvalue weighted by Crippen LogP contribution is 2.29. The third kappa shape index (κ3) is 6.99. The Morgan fingerprint density at radius 3 is 2.29 bits per heavy atom. The van der Waals surface area contributed by atoms with Gasteiger partial charge < -0.3 is 14.8 Å². The van der Waals surface area contributed by atoms with Crippen LogP contribution in [-0.2, 0) is 21.2 Å². The average molecular weight is 418 g/mol. The lowest BCUT2D eigenvalue weighted by molar-refractivity contribution is -0.274. The van der Waals surface area contributed by atoms with Crippen molar-refractivity contribution < 1.29 is 35.9 Å². The Hall–Kier alpha value is -2.95. The highest BCUT2D eigenvalue weighted by molar-refractivity contribution is 7.92. The molecule has 0 unspecified atom stereocenters. The van der Waals surface area contributed by atoms with Gasteiger partial charge in [-0.2, -0.15) is 0 Å². The summed E-state index contributed by atoms with van der Waals surface area (Å²) in [6, 6.07) is 9.28. The number of hydrogen-bond acceptors (Lipinski definition) is 5. The number of rotatable bonds is 7. The number of ether oxygens (including phenoxy) is 2. The van der Waals surface area contributed by atoms with Gasteiger partial charge in [0.15, 0.2) is 0 Å². The Labute approximate surface area is 159 Å². The predicted octanol–water partition coefficient (Wildman–Crippen LogP) is 3.15. The third-order valence-electron chi connectivity index (χ3n) is 3.30. The summed E-state index contributed by atoms with van der Waals surface area (Å²) < 4.78 is 70.4. The quantitative estimate of drug-likeness (QED) is 0.721. The van der Waals surface area contributed by atoms with Crippen molar-refractivity contribution in [1.29, 1.82) is 0 Å². The number of methoxy groups -OCH3 is 1. The summed E-state index contributed by atoms with van der Waals surface area (Å²) in [5.41, 5.74) is 0.931. The van der Waals surface area contributed by atoms with Crippen LogP contribution in [0.25, 0.3) is 0 Å². The standard InChI is InChI=1S/C17H17F3N2O5S/c1-26-15-8-5-12(10-14(15)22-28(2,24)25)21-16(23)9-11-3-6-13(7-4-11)27-17(18,19)20/h3-8,10,22H,9H2,1-2H3,(H,21,23). The molecule has 0 fully saturated rings. The highest BCUT2D eigenvalue weighted by Gasteiger charge is 2.30. The van der Waals surface area contributed by atoms with E-state index < -0.39 is 22.3 Å². The fourth-order valence-corrected chi connectivity index (χ4v) is 2.82. The number of anilines is 2. The van der Waals surface area contributed by atoms with Crippen LogP contribution in [0.1, 0.15) is 5.56 Å². The summed E-state index contributed by atoms with van der Waals surface area (Å²) in [7, 11) is -2.19. The van der Waals surface area contributed by atoms with Gasteiger partial charge in [0, 0.05) is 5.69 Å². The number of carbonyl (C=O) groups is 1. The second kappa shape index (κ2) is 8.38. The molecule has 0 aliphatic heterocycles. The fraction of sp³-hybridized carbons (Fsp3) is 0.235. The molecule has 0 atom stereocenters. The van der Waals surface area contributed by atoms with Gasteiger partial charge >= 0.3 is 6.36 Å². The second-order valence-corrected chi connectivity index (χ2v) is 7.45. The van der Waals surface area contributed by atoms with Crippen LogP contribution in [0.4, 0.5) is 24.5 Å².